The third kappa shape index (κ3) is 3.71. The smallest absolute Gasteiger partial charge is 0.0546 e. The highest BCUT2D eigenvalue weighted by molar-refractivity contribution is 4.92. The maximum atomic E-state index is 5.83. The Hall–Kier alpha value is -0.120. The quantitative estimate of drug-likeness (QED) is 0.798. The Labute approximate surface area is 118 Å². The van der Waals surface area contributed by atoms with Crippen molar-refractivity contribution in [1.29, 1.82) is 0 Å². The largest absolute Gasteiger partial charge is 0.381 e. The molecule has 3 fully saturated rings. The van der Waals surface area contributed by atoms with Gasteiger partial charge < -0.3 is 15.0 Å². The van der Waals surface area contributed by atoms with Crippen molar-refractivity contribution in [3.63, 3.8) is 0 Å². The molecule has 3 heteroatoms. The Morgan fingerprint density at radius 1 is 1.32 bits per heavy atom. The summed E-state index contributed by atoms with van der Waals surface area (Å²) in [6, 6.07) is 0.820. The Balaban J connectivity index is 1.54. The minimum Gasteiger partial charge on any atom is -0.381 e. The molecule has 0 aromatic rings. The lowest BCUT2D eigenvalue weighted by molar-refractivity contribution is -0.0236. The van der Waals surface area contributed by atoms with Gasteiger partial charge in [0.1, 0.15) is 0 Å². The zero-order valence-corrected chi connectivity index (χ0v) is 12.5. The maximum absolute atomic E-state index is 5.83. The van der Waals surface area contributed by atoms with E-state index in [-0.39, 0.29) is 0 Å². The van der Waals surface area contributed by atoms with Crippen LogP contribution in [0.4, 0.5) is 0 Å². The summed E-state index contributed by atoms with van der Waals surface area (Å²) in [5.74, 6) is 0.943. The molecule has 0 spiro atoms. The van der Waals surface area contributed by atoms with Crippen LogP contribution >= 0.6 is 0 Å². The van der Waals surface area contributed by atoms with Gasteiger partial charge in [0.15, 0.2) is 0 Å². The van der Waals surface area contributed by atoms with Crippen LogP contribution < -0.4 is 5.32 Å². The third-order valence-electron chi connectivity index (χ3n) is 5.25. The van der Waals surface area contributed by atoms with Crippen LogP contribution in [0.1, 0.15) is 45.4 Å². The van der Waals surface area contributed by atoms with Crippen LogP contribution in [0.3, 0.4) is 0 Å². The number of nitrogens with one attached hydrogen (secondary N) is 1. The molecule has 0 aromatic heterocycles. The van der Waals surface area contributed by atoms with E-state index in [0.29, 0.717) is 5.41 Å². The monoisotopic (exact) mass is 266 g/mol. The van der Waals surface area contributed by atoms with Gasteiger partial charge in [-0.1, -0.05) is 13.3 Å². The van der Waals surface area contributed by atoms with Crippen molar-refractivity contribution < 1.29 is 4.74 Å². The van der Waals surface area contributed by atoms with Gasteiger partial charge in [-0.25, -0.2) is 0 Å². The molecule has 1 N–H and O–H groups in total. The van der Waals surface area contributed by atoms with Crippen LogP contribution in [0.15, 0.2) is 0 Å². The van der Waals surface area contributed by atoms with Gasteiger partial charge in [0.25, 0.3) is 0 Å². The molecule has 2 atom stereocenters. The predicted molar refractivity (Wildman–Crippen MR) is 78.3 cm³/mol. The molecular weight excluding hydrogens is 236 g/mol. The Kier molecular flexibility index (Phi) is 4.45. The first-order chi connectivity index (χ1) is 9.30. The summed E-state index contributed by atoms with van der Waals surface area (Å²) in [5, 5.41) is 3.76. The normalized spacial score (nSPS) is 36.8. The van der Waals surface area contributed by atoms with Crippen LogP contribution in [0.25, 0.3) is 0 Å². The van der Waals surface area contributed by atoms with Crippen LogP contribution in [0.2, 0.25) is 0 Å². The molecule has 110 valence electrons. The van der Waals surface area contributed by atoms with Gasteiger partial charge in [0.05, 0.1) is 6.61 Å². The van der Waals surface area contributed by atoms with Crippen molar-refractivity contribution in [1.82, 2.24) is 10.2 Å². The number of likely N-dealkylation sites (tertiary alicyclic amines) is 1. The number of rotatable bonds is 6. The Morgan fingerprint density at radius 3 is 2.84 bits per heavy atom. The van der Waals surface area contributed by atoms with E-state index < -0.39 is 0 Å². The molecule has 19 heavy (non-hydrogen) atoms. The van der Waals surface area contributed by atoms with E-state index in [9.17, 15) is 0 Å². The lowest BCUT2D eigenvalue weighted by Crippen LogP contribution is -2.49. The second-order valence-corrected chi connectivity index (χ2v) is 7.11. The maximum Gasteiger partial charge on any atom is 0.0546 e. The summed E-state index contributed by atoms with van der Waals surface area (Å²) in [7, 11) is 0. The summed E-state index contributed by atoms with van der Waals surface area (Å²) >= 11 is 0. The molecule has 2 unspecified atom stereocenters. The van der Waals surface area contributed by atoms with Crippen LogP contribution in [-0.4, -0.2) is 50.3 Å². The van der Waals surface area contributed by atoms with Crippen molar-refractivity contribution in [2.45, 2.75) is 51.5 Å². The number of ether oxygens (including phenoxy) is 1. The Morgan fingerprint density at radius 2 is 2.21 bits per heavy atom. The second kappa shape index (κ2) is 6.11. The summed E-state index contributed by atoms with van der Waals surface area (Å²) in [4.78, 5) is 2.71. The zero-order valence-electron chi connectivity index (χ0n) is 12.5. The minimum absolute atomic E-state index is 0.392. The molecule has 2 saturated heterocycles. The van der Waals surface area contributed by atoms with Crippen molar-refractivity contribution >= 4 is 0 Å². The lowest BCUT2D eigenvalue weighted by atomic mass is 9.81. The van der Waals surface area contributed by atoms with Gasteiger partial charge in [-0.05, 0) is 44.6 Å². The molecule has 3 nitrogen and oxygen atoms in total. The predicted octanol–water partition coefficient (Wildman–Crippen LogP) is 2.27. The minimum atomic E-state index is 0.392. The van der Waals surface area contributed by atoms with E-state index >= 15 is 0 Å². The summed E-state index contributed by atoms with van der Waals surface area (Å²) in [5.41, 5.74) is 0.392. The highest BCUT2D eigenvalue weighted by Gasteiger charge is 2.37. The molecule has 0 bridgehead atoms. The van der Waals surface area contributed by atoms with Crippen LogP contribution in [-0.2, 0) is 4.74 Å². The summed E-state index contributed by atoms with van der Waals surface area (Å²) < 4.78 is 5.83. The van der Waals surface area contributed by atoms with Gasteiger partial charge in [-0.3, -0.25) is 0 Å². The average molecular weight is 266 g/mol. The van der Waals surface area contributed by atoms with Gasteiger partial charge in [-0.15, -0.1) is 0 Å². The molecule has 1 saturated carbocycles. The van der Waals surface area contributed by atoms with E-state index in [2.05, 4.69) is 17.1 Å². The number of hydrogen-bond donors (Lipinski definition) is 1. The SMILES string of the molecule is CCC1CCN(CC2(CNC3CC3)CCCOC2)C1. The fourth-order valence-electron chi connectivity index (χ4n) is 3.74. The highest BCUT2D eigenvalue weighted by atomic mass is 16.5. The first-order valence-electron chi connectivity index (χ1n) is 8.33. The fourth-order valence-corrected chi connectivity index (χ4v) is 3.74. The summed E-state index contributed by atoms with van der Waals surface area (Å²) in [6.07, 6.45) is 8.12. The van der Waals surface area contributed by atoms with Crippen molar-refractivity contribution in [3.8, 4) is 0 Å². The lowest BCUT2D eigenvalue weighted by Gasteiger charge is -2.40. The van der Waals surface area contributed by atoms with E-state index in [1.54, 1.807) is 0 Å². The first-order valence-corrected chi connectivity index (χ1v) is 8.33. The molecule has 0 amide bonds. The molecule has 3 rings (SSSR count). The number of nitrogens with zero attached hydrogens (tertiary/aromatic N) is 1. The highest BCUT2D eigenvalue weighted by Crippen LogP contribution is 2.33. The molecule has 2 aliphatic heterocycles. The van der Waals surface area contributed by atoms with Gasteiger partial charge in [0.2, 0.25) is 0 Å². The third-order valence-corrected chi connectivity index (χ3v) is 5.25. The number of hydrogen-bond acceptors (Lipinski definition) is 3. The molecular formula is C16H30N2O. The van der Waals surface area contributed by atoms with E-state index in [1.807, 2.05) is 0 Å². The van der Waals surface area contributed by atoms with Gasteiger partial charge in [0, 0.05) is 37.7 Å². The van der Waals surface area contributed by atoms with Crippen molar-refractivity contribution in [2.24, 2.45) is 11.3 Å². The summed E-state index contributed by atoms with van der Waals surface area (Å²) in [6.45, 7) is 9.34. The topological polar surface area (TPSA) is 24.5 Å². The Bertz CT molecular complexity index is 284. The van der Waals surface area contributed by atoms with Crippen molar-refractivity contribution in [3.05, 3.63) is 0 Å². The standard InChI is InChI=1S/C16H30N2O/c1-2-14-6-8-18(10-14)12-16(7-3-9-19-13-16)11-17-15-4-5-15/h14-15,17H,2-13H2,1H3. The molecule has 2 heterocycles. The van der Waals surface area contributed by atoms with Crippen LogP contribution in [0.5, 0.6) is 0 Å². The molecule has 1 aliphatic carbocycles. The van der Waals surface area contributed by atoms with Gasteiger partial charge in [-0.2, -0.15) is 0 Å². The van der Waals surface area contributed by atoms with Crippen LogP contribution in [0, 0.1) is 11.3 Å². The molecule has 3 aliphatic rings. The second-order valence-electron chi connectivity index (χ2n) is 7.11. The van der Waals surface area contributed by atoms with Crippen molar-refractivity contribution in [2.75, 3.05) is 39.4 Å². The fraction of sp³-hybridized carbons (Fsp3) is 1.00. The zero-order chi connectivity index (χ0) is 13.1. The van der Waals surface area contributed by atoms with E-state index in [1.165, 1.54) is 64.7 Å². The first kappa shape index (κ1) is 13.8. The average Bonchev–Trinajstić information content (AvgIpc) is 3.17. The van der Waals surface area contributed by atoms with Gasteiger partial charge >= 0.3 is 0 Å². The van der Waals surface area contributed by atoms with E-state index in [0.717, 1.165) is 25.2 Å². The molecule has 0 radical (unpaired) electrons. The van der Waals surface area contributed by atoms with E-state index in [4.69, 9.17) is 4.74 Å². The molecule has 0 aromatic carbocycles.